The molecule has 0 bridgehead atoms. The summed E-state index contributed by atoms with van der Waals surface area (Å²) in [5.74, 6) is 0. The Morgan fingerprint density at radius 3 is 1.90 bits per heavy atom. The second kappa shape index (κ2) is 3.94. The van der Waals surface area contributed by atoms with Crippen LogP contribution in [0, 0.1) is 0 Å². The van der Waals surface area contributed by atoms with Gasteiger partial charge in [-0.2, -0.15) is 0 Å². The van der Waals surface area contributed by atoms with E-state index < -0.39 is 0 Å². The van der Waals surface area contributed by atoms with Crippen LogP contribution in [-0.4, -0.2) is 45.4 Å². The Hall–Kier alpha value is -0.0800. The fourth-order valence-corrected chi connectivity index (χ4v) is 1.08. The van der Waals surface area contributed by atoms with Gasteiger partial charge in [-0.05, 0) is 6.42 Å². The molecule has 0 rings (SSSR count). The van der Waals surface area contributed by atoms with Crippen LogP contribution < -0.4 is 0 Å². The van der Waals surface area contributed by atoms with Gasteiger partial charge in [-0.3, -0.25) is 0 Å². The van der Waals surface area contributed by atoms with Crippen molar-refractivity contribution in [1.82, 2.24) is 0 Å². The third-order valence-corrected chi connectivity index (χ3v) is 1.93. The Morgan fingerprint density at radius 1 is 1.30 bits per heavy atom. The topological polar surface area (TPSA) is 9.23 Å². The molecule has 62 valence electrons. The highest BCUT2D eigenvalue weighted by Crippen LogP contribution is 2.06. The number of rotatable bonds is 4. The van der Waals surface area contributed by atoms with E-state index in [9.17, 15) is 0 Å². The van der Waals surface area contributed by atoms with Gasteiger partial charge in [0.05, 0.1) is 27.7 Å². The Kier molecular flexibility index (Phi) is 3.91. The van der Waals surface area contributed by atoms with Crippen molar-refractivity contribution in [2.75, 3.05) is 34.9 Å². The number of nitrogens with zero attached hydrogens (tertiary/aromatic N) is 1. The molecule has 0 aromatic heterocycles. The fourth-order valence-electron chi connectivity index (χ4n) is 1.08. The van der Waals surface area contributed by atoms with Gasteiger partial charge in [0.25, 0.3) is 0 Å². The SMILES string of the molecule is CCC(COC)[N+](C)(C)C. The highest BCUT2D eigenvalue weighted by molar-refractivity contribution is 4.51. The minimum atomic E-state index is 0.630. The van der Waals surface area contributed by atoms with Crippen LogP contribution in [0.25, 0.3) is 0 Å². The van der Waals surface area contributed by atoms with Crippen LogP contribution in [0.4, 0.5) is 0 Å². The molecule has 1 unspecified atom stereocenters. The van der Waals surface area contributed by atoms with E-state index in [1.165, 1.54) is 6.42 Å². The minimum Gasteiger partial charge on any atom is -0.379 e. The number of hydrogen-bond acceptors (Lipinski definition) is 1. The van der Waals surface area contributed by atoms with Gasteiger partial charge in [0.1, 0.15) is 6.04 Å². The highest BCUT2D eigenvalue weighted by Gasteiger charge is 2.20. The van der Waals surface area contributed by atoms with Crippen LogP contribution in [0.5, 0.6) is 0 Å². The van der Waals surface area contributed by atoms with Crippen LogP contribution in [-0.2, 0) is 4.74 Å². The maximum atomic E-state index is 5.11. The molecule has 0 fully saturated rings. The molecular weight excluding hydrogens is 126 g/mol. The van der Waals surface area contributed by atoms with E-state index in [1.807, 2.05) is 0 Å². The fraction of sp³-hybridized carbons (Fsp3) is 1.00. The molecule has 0 aliphatic heterocycles. The molecule has 0 aromatic rings. The predicted octanol–water partition coefficient (Wildman–Crippen LogP) is 1.12. The molecule has 0 amide bonds. The van der Waals surface area contributed by atoms with Crippen LogP contribution >= 0.6 is 0 Å². The van der Waals surface area contributed by atoms with Gasteiger partial charge in [0, 0.05) is 7.11 Å². The zero-order valence-electron chi connectivity index (χ0n) is 7.85. The van der Waals surface area contributed by atoms with Crippen LogP contribution in [0.3, 0.4) is 0 Å². The van der Waals surface area contributed by atoms with Gasteiger partial charge in [-0.25, -0.2) is 0 Å². The number of likely N-dealkylation sites (N-methyl/N-ethyl adjacent to an activating group) is 1. The molecule has 0 spiro atoms. The van der Waals surface area contributed by atoms with Crippen LogP contribution in [0.1, 0.15) is 13.3 Å². The third kappa shape index (κ3) is 3.18. The monoisotopic (exact) mass is 146 g/mol. The quantitative estimate of drug-likeness (QED) is 0.540. The molecule has 2 nitrogen and oxygen atoms in total. The summed E-state index contributed by atoms with van der Waals surface area (Å²) >= 11 is 0. The van der Waals surface area contributed by atoms with Crippen molar-refractivity contribution in [3.8, 4) is 0 Å². The van der Waals surface area contributed by atoms with Crippen LogP contribution in [0.2, 0.25) is 0 Å². The second-order valence-corrected chi connectivity index (χ2v) is 3.63. The van der Waals surface area contributed by atoms with Crippen molar-refractivity contribution in [2.24, 2.45) is 0 Å². The standard InChI is InChI=1S/C8H20NO/c1-6-8(7-10-5)9(2,3)4/h8H,6-7H2,1-5H3/q+1. The number of hydrogen-bond donors (Lipinski definition) is 0. The lowest BCUT2D eigenvalue weighted by molar-refractivity contribution is -0.896. The molecule has 0 aliphatic rings. The maximum absolute atomic E-state index is 5.11. The van der Waals surface area contributed by atoms with E-state index >= 15 is 0 Å². The molecular formula is C8H20NO+. The largest absolute Gasteiger partial charge is 0.379 e. The Bertz CT molecular complexity index is 85.7. The minimum absolute atomic E-state index is 0.630. The Balaban J connectivity index is 3.81. The molecule has 0 aliphatic carbocycles. The first-order valence-electron chi connectivity index (χ1n) is 3.82. The van der Waals surface area contributed by atoms with Gasteiger partial charge in [-0.15, -0.1) is 0 Å². The number of ether oxygens (including phenoxy) is 1. The maximum Gasteiger partial charge on any atom is 0.112 e. The zero-order valence-corrected chi connectivity index (χ0v) is 7.85. The molecule has 0 saturated carbocycles. The van der Waals surface area contributed by atoms with E-state index in [-0.39, 0.29) is 0 Å². The molecule has 0 N–H and O–H groups in total. The average molecular weight is 146 g/mol. The van der Waals surface area contributed by atoms with Gasteiger partial charge >= 0.3 is 0 Å². The van der Waals surface area contributed by atoms with Crippen molar-refractivity contribution in [1.29, 1.82) is 0 Å². The normalized spacial score (nSPS) is 15.3. The molecule has 2 heteroatoms. The first kappa shape index (κ1) is 9.92. The van der Waals surface area contributed by atoms with Gasteiger partial charge in [0.2, 0.25) is 0 Å². The third-order valence-electron chi connectivity index (χ3n) is 1.93. The smallest absolute Gasteiger partial charge is 0.112 e. The van der Waals surface area contributed by atoms with E-state index in [4.69, 9.17) is 4.74 Å². The summed E-state index contributed by atoms with van der Waals surface area (Å²) in [4.78, 5) is 0. The summed E-state index contributed by atoms with van der Waals surface area (Å²) in [6.07, 6.45) is 1.18. The van der Waals surface area contributed by atoms with Crippen molar-refractivity contribution in [3.05, 3.63) is 0 Å². The lowest BCUT2D eigenvalue weighted by Gasteiger charge is -2.32. The van der Waals surface area contributed by atoms with Crippen molar-refractivity contribution in [2.45, 2.75) is 19.4 Å². The van der Waals surface area contributed by atoms with E-state index in [0.717, 1.165) is 11.1 Å². The lowest BCUT2D eigenvalue weighted by Crippen LogP contribution is -2.47. The summed E-state index contributed by atoms with van der Waals surface area (Å²) < 4.78 is 6.10. The van der Waals surface area contributed by atoms with Gasteiger partial charge in [-0.1, -0.05) is 6.92 Å². The van der Waals surface area contributed by atoms with E-state index in [0.29, 0.717) is 6.04 Å². The van der Waals surface area contributed by atoms with E-state index in [1.54, 1.807) is 7.11 Å². The summed E-state index contributed by atoms with van der Waals surface area (Å²) in [6, 6.07) is 0.630. The van der Waals surface area contributed by atoms with Crippen molar-refractivity contribution < 1.29 is 9.22 Å². The molecule has 0 heterocycles. The molecule has 0 aromatic carbocycles. The molecule has 0 radical (unpaired) electrons. The highest BCUT2D eigenvalue weighted by atomic mass is 16.5. The summed E-state index contributed by atoms with van der Waals surface area (Å²) in [5, 5.41) is 0. The predicted molar refractivity (Wildman–Crippen MR) is 44.0 cm³/mol. The van der Waals surface area contributed by atoms with Crippen molar-refractivity contribution in [3.63, 3.8) is 0 Å². The number of quaternary nitrogens is 1. The first-order chi connectivity index (χ1) is 4.52. The Labute approximate surface area is 64.4 Å². The van der Waals surface area contributed by atoms with Gasteiger partial charge < -0.3 is 9.22 Å². The first-order valence-corrected chi connectivity index (χ1v) is 3.82. The van der Waals surface area contributed by atoms with E-state index in [2.05, 4.69) is 28.1 Å². The summed E-state index contributed by atoms with van der Waals surface area (Å²) in [7, 11) is 8.37. The number of methoxy groups -OCH3 is 1. The average Bonchev–Trinajstić information content (AvgIpc) is 1.80. The van der Waals surface area contributed by atoms with Crippen LogP contribution in [0.15, 0.2) is 0 Å². The van der Waals surface area contributed by atoms with Crippen molar-refractivity contribution >= 4 is 0 Å². The molecule has 1 atom stereocenters. The second-order valence-electron chi connectivity index (χ2n) is 3.63. The molecule has 10 heavy (non-hydrogen) atoms. The molecule has 0 saturated heterocycles. The Morgan fingerprint density at radius 2 is 1.80 bits per heavy atom. The van der Waals surface area contributed by atoms with Gasteiger partial charge in [0.15, 0.2) is 0 Å². The summed E-state index contributed by atoms with van der Waals surface area (Å²) in [5.41, 5.74) is 0. The zero-order chi connectivity index (χ0) is 8.20. The summed E-state index contributed by atoms with van der Waals surface area (Å²) in [6.45, 7) is 3.06. The lowest BCUT2D eigenvalue weighted by atomic mass is 10.2.